The highest BCUT2D eigenvalue weighted by Crippen LogP contribution is 2.38. The summed E-state index contributed by atoms with van der Waals surface area (Å²) in [5.74, 6) is 2.49. The second-order valence-corrected chi connectivity index (χ2v) is 8.70. The molecule has 0 unspecified atom stereocenters. The average molecular weight is 431 g/mol. The van der Waals surface area contributed by atoms with Crippen LogP contribution in [0.2, 0.25) is 0 Å². The lowest BCUT2D eigenvalue weighted by Crippen LogP contribution is -2.31. The van der Waals surface area contributed by atoms with Gasteiger partial charge in [0.05, 0.1) is 12.6 Å². The molecule has 0 spiro atoms. The van der Waals surface area contributed by atoms with Gasteiger partial charge in [-0.1, -0.05) is 73.7 Å². The number of aromatic nitrogens is 3. The summed E-state index contributed by atoms with van der Waals surface area (Å²) in [5, 5.41) is 6.44. The molecule has 5 aromatic rings. The number of hydrogen-bond donors (Lipinski definition) is 0. The summed E-state index contributed by atoms with van der Waals surface area (Å²) in [6.45, 7) is 5.35. The molecule has 3 aromatic carbocycles. The molecule has 2 heterocycles. The van der Waals surface area contributed by atoms with Crippen molar-refractivity contribution in [1.82, 2.24) is 9.13 Å². The lowest BCUT2D eigenvalue weighted by molar-refractivity contribution is -0.678. The molecule has 0 saturated heterocycles. The van der Waals surface area contributed by atoms with Crippen molar-refractivity contribution in [2.24, 2.45) is 7.05 Å². The zero-order valence-corrected chi connectivity index (χ0v) is 19.4. The maximum atomic E-state index is 2.48. The Morgan fingerprint density at radius 1 is 0.758 bits per heavy atom. The summed E-state index contributed by atoms with van der Waals surface area (Å²) in [7, 11) is 2.14. The summed E-state index contributed by atoms with van der Waals surface area (Å²) in [5.41, 5.74) is 3.83. The molecule has 6 rings (SSSR count). The van der Waals surface area contributed by atoms with E-state index in [1.807, 2.05) is 0 Å². The van der Waals surface area contributed by atoms with Crippen LogP contribution in [0.5, 0.6) is 0 Å². The Morgan fingerprint density at radius 3 is 2.27 bits per heavy atom. The second kappa shape index (κ2) is 7.63. The van der Waals surface area contributed by atoms with Gasteiger partial charge in [0.2, 0.25) is 5.82 Å². The van der Waals surface area contributed by atoms with Gasteiger partial charge in [0.1, 0.15) is 12.4 Å². The third-order valence-electron chi connectivity index (χ3n) is 6.98. The quantitative estimate of drug-likeness (QED) is 0.276. The van der Waals surface area contributed by atoms with Crippen molar-refractivity contribution < 1.29 is 4.57 Å². The Kier molecular flexibility index (Phi) is 4.58. The summed E-state index contributed by atoms with van der Waals surface area (Å²) in [4.78, 5) is 0. The SMILES string of the molecule is CCc1n(-c2c3ccccc3c3c4c(cccc4c4ccccc4n2CC)C=C3)cc[n+]1C. The molecule has 0 bridgehead atoms. The van der Waals surface area contributed by atoms with Crippen molar-refractivity contribution in [2.45, 2.75) is 26.8 Å². The third kappa shape index (κ3) is 2.85. The van der Waals surface area contributed by atoms with E-state index in [1.54, 1.807) is 0 Å². The maximum absolute atomic E-state index is 2.48. The Labute approximate surface area is 194 Å². The standard InChI is InChI=1S/C30H28N3/c1-4-28-31(3)19-20-33(28)30-26-14-7-6-12-22(26)25-18-17-21-11-10-15-24(29(21)25)23-13-8-9-16-27(23)32(30)5-2/h6-20H,4-5H2,1-3H3/q+1. The van der Waals surface area contributed by atoms with E-state index in [4.69, 9.17) is 0 Å². The smallest absolute Gasteiger partial charge is 0.262 e. The molecule has 0 atom stereocenters. The summed E-state index contributed by atoms with van der Waals surface area (Å²) in [6.07, 6.45) is 9.89. The van der Waals surface area contributed by atoms with E-state index in [2.05, 4.69) is 126 Å². The van der Waals surface area contributed by atoms with Gasteiger partial charge in [-0.2, -0.15) is 4.57 Å². The highest BCUT2D eigenvalue weighted by molar-refractivity contribution is 6.17. The molecule has 162 valence electrons. The van der Waals surface area contributed by atoms with Crippen LogP contribution in [0, 0.1) is 0 Å². The number of fused-ring (bicyclic) bond motifs is 4. The Hall–Kier alpha value is -3.85. The fourth-order valence-electron chi connectivity index (χ4n) is 5.53. The van der Waals surface area contributed by atoms with Gasteiger partial charge in [-0.3, -0.25) is 0 Å². The van der Waals surface area contributed by atoms with Crippen molar-refractivity contribution in [3.05, 3.63) is 96.1 Å². The minimum absolute atomic E-state index is 0.867. The van der Waals surface area contributed by atoms with Crippen LogP contribution in [0.3, 0.4) is 0 Å². The highest BCUT2D eigenvalue weighted by atomic mass is 15.2. The lowest BCUT2D eigenvalue weighted by atomic mass is 10.0. The van der Waals surface area contributed by atoms with Gasteiger partial charge in [0.25, 0.3) is 5.82 Å². The average Bonchev–Trinajstić information content (AvgIpc) is 3.46. The number of hydrogen-bond acceptors (Lipinski definition) is 0. The second-order valence-electron chi connectivity index (χ2n) is 8.70. The zero-order chi connectivity index (χ0) is 22.5. The summed E-state index contributed by atoms with van der Waals surface area (Å²) >= 11 is 0. The van der Waals surface area contributed by atoms with E-state index < -0.39 is 0 Å². The summed E-state index contributed by atoms with van der Waals surface area (Å²) < 4.78 is 7.10. The van der Waals surface area contributed by atoms with Gasteiger partial charge in [-0.15, -0.1) is 0 Å². The van der Waals surface area contributed by atoms with Crippen LogP contribution in [0.4, 0.5) is 0 Å². The molecular weight excluding hydrogens is 402 g/mol. The highest BCUT2D eigenvalue weighted by Gasteiger charge is 2.22. The molecule has 3 heteroatoms. The van der Waals surface area contributed by atoms with Crippen molar-refractivity contribution in [3.63, 3.8) is 0 Å². The topological polar surface area (TPSA) is 13.7 Å². The lowest BCUT2D eigenvalue weighted by Gasteiger charge is -2.13. The van der Waals surface area contributed by atoms with Gasteiger partial charge < -0.3 is 4.57 Å². The van der Waals surface area contributed by atoms with E-state index in [1.165, 1.54) is 55.2 Å². The minimum atomic E-state index is 0.867. The number of imidazole rings is 1. The fourth-order valence-corrected chi connectivity index (χ4v) is 5.53. The number of rotatable bonds is 3. The Bertz CT molecular complexity index is 1640. The first kappa shape index (κ1) is 19.8. The van der Waals surface area contributed by atoms with Gasteiger partial charge in [0, 0.05) is 23.7 Å². The van der Waals surface area contributed by atoms with Crippen LogP contribution in [0.1, 0.15) is 30.8 Å². The number of nitrogens with zero attached hydrogens (tertiary/aromatic N) is 3. The van der Waals surface area contributed by atoms with Crippen LogP contribution in [-0.4, -0.2) is 9.13 Å². The van der Waals surface area contributed by atoms with E-state index in [0.29, 0.717) is 0 Å². The van der Waals surface area contributed by atoms with Crippen molar-refractivity contribution >= 4 is 44.6 Å². The Balaban J connectivity index is 2.02. The normalized spacial score (nSPS) is 12.2. The Morgan fingerprint density at radius 2 is 1.48 bits per heavy atom. The van der Waals surface area contributed by atoms with E-state index in [0.717, 1.165) is 13.0 Å². The van der Waals surface area contributed by atoms with Gasteiger partial charge in [0.15, 0.2) is 0 Å². The first-order valence-corrected chi connectivity index (χ1v) is 11.8. The molecule has 0 amide bonds. The minimum Gasteiger partial charge on any atom is -0.308 e. The van der Waals surface area contributed by atoms with Crippen LogP contribution >= 0.6 is 0 Å². The van der Waals surface area contributed by atoms with Gasteiger partial charge >= 0.3 is 0 Å². The van der Waals surface area contributed by atoms with Crippen LogP contribution < -0.4 is 4.57 Å². The van der Waals surface area contributed by atoms with Crippen molar-refractivity contribution in [3.8, 4) is 5.82 Å². The van der Waals surface area contributed by atoms with E-state index >= 15 is 0 Å². The number of benzene rings is 3. The van der Waals surface area contributed by atoms with E-state index in [9.17, 15) is 0 Å². The van der Waals surface area contributed by atoms with Gasteiger partial charge in [-0.25, -0.2) is 4.57 Å². The van der Waals surface area contributed by atoms with Crippen LogP contribution in [-0.2, 0) is 20.0 Å². The van der Waals surface area contributed by atoms with Crippen LogP contribution in [0.25, 0.3) is 50.4 Å². The summed E-state index contributed by atoms with van der Waals surface area (Å²) in [6, 6.07) is 24.4. The molecule has 2 aromatic heterocycles. The number of para-hydroxylation sites is 1. The molecule has 0 N–H and O–H groups in total. The van der Waals surface area contributed by atoms with Gasteiger partial charge in [-0.05, 0) is 46.3 Å². The predicted octanol–water partition coefficient (Wildman–Crippen LogP) is 6.75. The van der Waals surface area contributed by atoms with Crippen molar-refractivity contribution in [2.75, 3.05) is 0 Å². The first-order chi connectivity index (χ1) is 16.2. The molecule has 0 fully saturated rings. The fraction of sp³-hybridized carbons (Fsp3) is 0.167. The molecule has 1 aliphatic rings. The molecule has 0 saturated carbocycles. The molecule has 0 radical (unpaired) electrons. The monoisotopic (exact) mass is 430 g/mol. The van der Waals surface area contributed by atoms with Crippen LogP contribution in [0.15, 0.2) is 79.1 Å². The largest absolute Gasteiger partial charge is 0.308 e. The molecular formula is C30H28N3+. The first-order valence-electron chi connectivity index (χ1n) is 11.8. The van der Waals surface area contributed by atoms with E-state index in [-0.39, 0.29) is 0 Å². The number of aryl methyl sites for hydroxylation is 2. The maximum Gasteiger partial charge on any atom is 0.262 e. The molecule has 1 aliphatic carbocycles. The molecule has 33 heavy (non-hydrogen) atoms. The molecule has 3 nitrogen and oxygen atoms in total. The molecule has 0 aliphatic heterocycles. The third-order valence-corrected chi connectivity index (χ3v) is 6.98. The predicted molar refractivity (Wildman–Crippen MR) is 139 cm³/mol. The van der Waals surface area contributed by atoms with Crippen molar-refractivity contribution in [1.29, 1.82) is 0 Å². The zero-order valence-electron chi connectivity index (χ0n) is 19.4.